The minimum absolute atomic E-state index is 0.117. The van der Waals surface area contributed by atoms with Crippen LogP contribution in [0, 0.1) is 0 Å². The summed E-state index contributed by atoms with van der Waals surface area (Å²) in [5, 5.41) is 3.28. The van der Waals surface area contributed by atoms with Gasteiger partial charge in [0.1, 0.15) is 0 Å². The Hall–Kier alpha value is -0.380. The molecular formula is C13H18BrNO. The zero-order valence-corrected chi connectivity index (χ0v) is 11.2. The van der Waals surface area contributed by atoms with Crippen molar-refractivity contribution in [1.29, 1.82) is 0 Å². The maximum Gasteiger partial charge on any atom is 0.0926 e. The van der Waals surface area contributed by atoms with Gasteiger partial charge < -0.3 is 10.1 Å². The molecule has 2 nitrogen and oxygen atoms in total. The third-order valence-corrected chi connectivity index (χ3v) is 3.81. The highest BCUT2D eigenvalue weighted by Gasteiger charge is 2.35. The fraction of sp³-hybridized carbons (Fsp3) is 0.538. The van der Waals surface area contributed by atoms with Gasteiger partial charge in [-0.15, -0.1) is 0 Å². The fourth-order valence-electron chi connectivity index (χ4n) is 2.13. The van der Waals surface area contributed by atoms with Crippen LogP contribution in [0.25, 0.3) is 0 Å². The second-order valence-electron chi connectivity index (χ2n) is 4.47. The largest absolute Gasteiger partial charge is 0.376 e. The Balaban J connectivity index is 1.79. The Morgan fingerprint density at radius 1 is 1.44 bits per heavy atom. The van der Waals surface area contributed by atoms with Crippen LogP contribution in [-0.2, 0) is 11.2 Å². The van der Waals surface area contributed by atoms with Gasteiger partial charge in [-0.3, -0.25) is 0 Å². The summed E-state index contributed by atoms with van der Waals surface area (Å²) in [5.74, 6) is 0. The smallest absolute Gasteiger partial charge is 0.0926 e. The van der Waals surface area contributed by atoms with Gasteiger partial charge in [0.2, 0.25) is 0 Å². The topological polar surface area (TPSA) is 21.3 Å². The van der Waals surface area contributed by atoms with Crippen LogP contribution in [0.4, 0.5) is 0 Å². The molecule has 0 aromatic heterocycles. The van der Waals surface area contributed by atoms with E-state index in [1.54, 1.807) is 0 Å². The van der Waals surface area contributed by atoms with E-state index in [9.17, 15) is 0 Å². The van der Waals surface area contributed by atoms with Crippen molar-refractivity contribution in [1.82, 2.24) is 5.32 Å². The van der Waals surface area contributed by atoms with E-state index in [1.807, 2.05) is 7.11 Å². The van der Waals surface area contributed by atoms with E-state index in [2.05, 4.69) is 45.5 Å². The summed E-state index contributed by atoms with van der Waals surface area (Å²) in [6.07, 6.45) is 3.46. The van der Waals surface area contributed by atoms with Crippen LogP contribution in [0.15, 0.2) is 28.7 Å². The normalized spacial score (nSPS) is 18.1. The predicted octanol–water partition coefficient (Wildman–Crippen LogP) is 2.76. The molecule has 0 aliphatic carbocycles. The minimum atomic E-state index is 0.117. The van der Waals surface area contributed by atoms with Crippen LogP contribution in [0.2, 0.25) is 0 Å². The summed E-state index contributed by atoms with van der Waals surface area (Å²) in [7, 11) is 1.82. The Labute approximate surface area is 106 Å². The van der Waals surface area contributed by atoms with Crippen molar-refractivity contribution < 1.29 is 4.74 Å². The van der Waals surface area contributed by atoms with Crippen molar-refractivity contribution in [3.05, 3.63) is 34.3 Å². The van der Waals surface area contributed by atoms with Crippen molar-refractivity contribution in [2.45, 2.75) is 24.9 Å². The molecule has 0 bridgehead atoms. The second-order valence-corrected chi connectivity index (χ2v) is 5.39. The number of nitrogens with one attached hydrogen (secondary N) is 1. The number of hydrogen-bond donors (Lipinski definition) is 1. The van der Waals surface area contributed by atoms with E-state index in [-0.39, 0.29) is 5.60 Å². The van der Waals surface area contributed by atoms with Gasteiger partial charge in [0.05, 0.1) is 5.60 Å². The summed E-state index contributed by atoms with van der Waals surface area (Å²) >= 11 is 3.50. The first-order chi connectivity index (χ1) is 7.74. The van der Waals surface area contributed by atoms with Crippen molar-refractivity contribution in [2.24, 2.45) is 0 Å². The van der Waals surface area contributed by atoms with Crippen LogP contribution in [-0.4, -0.2) is 25.8 Å². The molecule has 1 saturated heterocycles. The van der Waals surface area contributed by atoms with E-state index in [0.717, 1.165) is 30.4 Å². The molecule has 0 unspecified atom stereocenters. The minimum Gasteiger partial charge on any atom is -0.376 e. The molecule has 1 aromatic carbocycles. The molecule has 2 rings (SSSR count). The fourth-order valence-corrected chi connectivity index (χ4v) is 2.58. The Kier molecular flexibility index (Phi) is 4.00. The van der Waals surface area contributed by atoms with Gasteiger partial charge in [0.25, 0.3) is 0 Å². The average Bonchev–Trinajstić information content (AvgIpc) is 2.22. The molecule has 1 heterocycles. The molecule has 88 valence electrons. The van der Waals surface area contributed by atoms with Crippen molar-refractivity contribution in [2.75, 3.05) is 20.2 Å². The Morgan fingerprint density at radius 3 is 2.81 bits per heavy atom. The van der Waals surface area contributed by atoms with Crippen LogP contribution >= 0.6 is 15.9 Å². The lowest BCUT2D eigenvalue weighted by Gasteiger charge is -2.41. The summed E-state index contributed by atoms with van der Waals surface area (Å²) in [4.78, 5) is 0. The number of ether oxygens (including phenoxy) is 1. The van der Waals surface area contributed by atoms with E-state index in [4.69, 9.17) is 4.74 Å². The molecule has 0 spiro atoms. The zero-order chi connectivity index (χ0) is 11.4. The molecule has 3 heteroatoms. The number of methoxy groups -OCH3 is 1. The molecule has 16 heavy (non-hydrogen) atoms. The first kappa shape index (κ1) is 12.1. The summed E-state index contributed by atoms with van der Waals surface area (Å²) in [6, 6.07) is 8.54. The molecule has 1 N–H and O–H groups in total. The number of benzene rings is 1. The highest BCUT2D eigenvalue weighted by molar-refractivity contribution is 9.10. The molecule has 1 aliphatic rings. The maximum atomic E-state index is 5.56. The highest BCUT2D eigenvalue weighted by atomic mass is 79.9. The van der Waals surface area contributed by atoms with Gasteiger partial charge >= 0.3 is 0 Å². The number of rotatable bonds is 5. The predicted molar refractivity (Wildman–Crippen MR) is 69.7 cm³/mol. The second kappa shape index (κ2) is 5.30. The quantitative estimate of drug-likeness (QED) is 0.897. The third kappa shape index (κ3) is 2.84. The Bertz CT molecular complexity index is 344. The van der Waals surface area contributed by atoms with Crippen LogP contribution < -0.4 is 5.32 Å². The van der Waals surface area contributed by atoms with E-state index < -0.39 is 0 Å². The molecule has 0 atom stereocenters. The van der Waals surface area contributed by atoms with Crippen LogP contribution in [0.1, 0.15) is 18.4 Å². The van der Waals surface area contributed by atoms with Gasteiger partial charge in [0.15, 0.2) is 0 Å². The maximum absolute atomic E-state index is 5.56. The lowest BCUT2D eigenvalue weighted by molar-refractivity contribution is -0.0581. The molecule has 1 aliphatic heterocycles. The van der Waals surface area contributed by atoms with Gasteiger partial charge in [-0.05, 0) is 37.0 Å². The highest BCUT2D eigenvalue weighted by Crippen LogP contribution is 2.23. The van der Waals surface area contributed by atoms with Crippen molar-refractivity contribution in [3.8, 4) is 0 Å². The lowest BCUT2D eigenvalue weighted by Crippen LogP contribution is -2.60. The average molecular weight is 284 g/mol. The molecular weight excluding hydrogens is 266 g/mol. The Morgan fingerprint density at radius 2 is 2.25 bits per heavy atom. The van der Waals surface area contributed by atoms with Crippen LogP contribution in [0.5, 0.6) is 0 Å². The van der Waals surface area contributed by atoms with E-state index in [0.29, 0.717) is 0 Å². The standard InChI is InChI=1S/C13H18BrNO/c1-16-13(9-15-10-13)7-3-5-11-4-2-6-12(14)8-11/h2,4,6,8,15H,3,5,7,9-10H2,1H3. The van der Waals surface area contributed by atoms with Gasteiger partial charge in [-0.2, -0.15) is 0 Å². The molecule has 0 amide bonds. The number of halogens is 1. The van der Waals surface area contributed by atoms with E-state index >= 15 is 0 Å². The zero-order valence-electron chi connectivity index (χ0n) is 9.63. The molecule has 1 fully saturated rings. The number of hydrogen-bond acceptors (Lipinski definition) is 2. The van der Waals surface area contributed by atoms with Crippen LogP contribution in [0.3, 0.4) is 0 Å². The molecule has 1 aromatic rings. The van der Waals surface area contributed by atoms with Gasteiger partial charge in [-0.25, -0.2) is 0 Å². The molecule has 0 radical (unpaired) electrons. The summed E-state index contributed by atoms with van der Waals surface area (Å²) < 4.78 is 6.73. The lowest BCUT2D eigenvalue weighted by atomic mass is 9.89. The van der Waals surface area contributed by atoms with Crippen molar-refractivity contribution in [3.63, 3.8) is 0 Å². The summed E-state index contributed by atoms with van der Waals surface area (Å²) in [6.45, 7) is 2.00. The first-order valence-corrected chi connectivity index (χ1v) is 6.54. The summed E-state index contributed by atoms with van der Waals surface area (Å²) in [5.41, 5.74) is 1.51. The SMILES string of the molecule is COC1(CCCc2cccc(Br)c2)CNC1. The first-order valence-electron chi connectivity index (χ1n) is 5.74. The monoisotopic (exact) mass is 283 g/mol. The van der Waals surface area contributed by atoms with Gasteiger partial charge in [0, 0.05) is 24.7 Å². The number of aryl methyl sites for hydroxylation is 1. The van der Waals surface area contributed by atoms with Gasteiger partial charge in [-0.1, -0.05) is 28.1 Å². The van der Waals surface area contributed by atoms with E-state index in [1.165, 1.54) is 12.0 Å². The van der Waals surface area contributed by atoms with Crippen molar-refractivity contribution >= 4 is 15.9 Å². The molecule has 0 saturated carbocycles. The third-order valence-electron chi connectivity index (χ3n) is 3.31.